The standard InChI is InChI=1S/C21H12ClFN4/c22-14-7-5-13(6-8-14)20-26-19-21(25-18-4-2-1-3-17(18)24-19)27(20)16-11-9-15(23)10-12-16/h1-12H. The number of halogens is 2. The van der Waals surface area contributed by atoms with E-state index in [1.165, 1.54) is 12.1 Å². The van der Waals surface area contributed by atoms with Gasteiger partial charge in [0.1, 0.15) is 11.6 Å². The molecule has 0 aliphatic heterocycles. The maximum atomic E-state index is 13.5. The first-order chi connectivity index (χ1) is 13.2. The average Bonchev–Trinajstić information content (AvgIpc) is 3.05. The Morgan fingerprint density at radius 2 is 1.41 bits per heavy atom. The highest BCUT2D eigenvalue weighted by Gasteiger charge is 2.17. The number of benzene rings is 3. The fourth-order valence-electron chi connectivity index (χ4n) is 3.08. The van der Waals surface area contributed by atoms with Crippen molar-refractivity contribution in [3.63, 3.8) is 0 Å². The zero-order valence-corrected chi connectivity index (χ0v) is 14.7. The van der Waals surface area contributed by atoms with Crippen molar-refractivity contribution in [3.05, 3.63) is 83.6 Å². The first kappa shape index (κ1) is 15.9. The summed E-state index contributed by atoms with van der Waals surface area (Å²) in [6.45, 7) is 0. The number of hydrogen-bond donors (Lipinski definition) is 0. The number of rotatable bonds is 2. The van der Waals surface area contributed by atoms with Gasteiger partial charge in [-0.2, -0.15) is 0 Å². The number of nitrogens with zero attached hydrogens (tertiary/aromatic N) is 4. The molecule has 5 rings (SSSR count). The largest absolute Gasteiger partial charge is 0.275 e. The van der Waals surface area contributed by atoms with Crippen LogP contribution in [0.1, 0.15) is 0 Å². The predicted molar refractivity (Wildman–Crippen MR) is 105 cm³/mol. The van der Waals surface area contributed by atoms with Crippen LogP contribution in [0.3, 0.4) is 0 Å². The Hall–Kier alpha value is -3.31. The lowest BCUT2D eigenvalue weighted by Crippen LogP contribution is -1.99. The summed E-state index contributed by atoms with van der Waals surface area (Å²) in [5.74, 6) is 0.372. The molecule has 3 aromatic carbocycles. The van der Waals surface area contributed by atoms with E-state index in [-0.39, 0.29) is 5.82 Å². The Balaban J connectivity index is 1.86. The van der Waals surface area contributed by atoms with E-state index in [2.05, 4.69) is 4.98 Å². The SMILES string of the molecule is Fc1ccc(-n2c(-c3ccc(Cl)cc3)nc3nc4ccccc4nc32)cc1. The number of hydrogen-bond acceptors (Lipinski definition) is 3. The second kappa shape index (κ2) is 6.14. The van der Waals surface area contributed by atoms with Crippen molar-refractivity contribution >= 4 is 33.9 Å². The molecule has 2 heterocycles. The Morgan fingerprint density at radius 1 is 0.741 bits per heavy atom. The molecule has 2 aromatic heterocycles. The van der Waals surface area contributed by atoms with Gasteiger partial charge < -0.3 is 0 Å². The van der Waals surface area contributed by atoms with Crippen LogP contribution < -0.4 is 0 Å². The van der Waals surface area contributed by atoms with E-state index in [4.69, 9.17) is 21.6 Å². The van der Waals surface area contributed by atoms with E-state index in [0.29, 0.717) is 22.1 Å². The van der Waals surface area contributed by atoms with Gasteiger partial charge in [-0.15, -0.1) is 0 Å². The van der Waals surface area contributed by atoms with Crippen molar-refractivity contribution in [2.45, 2.75) is 0 Å². The van der Waals surface area contributed by atoms with Crippen LogP contribution in [0.4, 0.5) is 4.39 Å². The topological polar surface area (TPSA) is 43.6 Å². The summed E-state index contributed by atoms with van der Waals surface area (Å²) in [4.78, 5) is 14.1. The van der Waals surface area contributed by atoms with Crippen LogP contribution in [0.25, 0.3) is 39.4 Å². The van der Waals surface area contributed by atoms with Crippen molar-refractivity contribution < 1.29 is 4.39 Å². The van der Waals surface area contributed by atoms with Gasteiger partial charge in [0.2, 0.25) is 0 Å². The quantitative estimate of drug-likeness (QED) is 0.414. The van der Waals surface area contributed by atoms with E-state index in [1.54, 1.807) is 12.1 Å². The molecule has 6 heteroatoms. The summed E-state index contributed by atoms with van der Waals surface area (Å²) in [5.41, 5.74) is 4.32. The molecule has 0 bridgehead atoms. The maximum absolute atomic E-state index is 13.5. The lowest BCUT2D eigenvalue weighted by Gasteiger charge is -2.09. The Morgan fingerprint density at radius 3 is 2.11 bits per heavy atom. The van der Waals surface area contributed by atoms with Crippen LogP contribution >= 0.6 is 11.6 Å². The molecule has 0 spiro atoms. The number of aromatic nitrogens is 4. The third-order valence-corrected chi connectivity index (χ3v) is 4.61. The molecule has 0 aliphatic carbocycles. The van der Waals surface area contributed by atoms with Gasteiger partial charge in [0.25, 0.3) is 0 Å². The zero-order chi connectivity index (χ0) is 18.4. The average molecular weight is 375 g/mol. The third-order valence-electron chi connectivity index (χ3n) is 4.36. The van der Waals surface area contributed by atoms with Crippen molar-refractivity contribution in [3.8, 4) is 17.1 Å². The molecule has 130 valence electrons. The zero-order valence-electron chi connectivity index (χ0n) is 14.0. The molecular formula is C21H12ClFN4. The molecule has 0 saturated heterocycles. The summed E-state index contributed by atoms with van der Waals surface area (Å²) >= 11 is 6.03. The second-order valence-electron chi connectivity index (χ2n) is 6.11. The molecule has 0 radical (unpaired) electrons. The van der Waals surface area contributed by atoms with Gasteiger partial charge in [0.15, 0.2) is 11.3 Å². The van der Waals surface area contributed by atoms with Crippen LogP contribution in [0.2, 0.25) is 5.02 Å². The molecule has 0 aliphatic rings. The molecule has 0 saturated carbocycles. The molecule has 4 nitrogen and oxygen atoms in total. The third kappa shape index (κ3) is 2.73. The summed E-state index contributed by atoms with van der Waals surface area (Å²) in [5, 5.41) is 0.644. The lowest BCUT2D eigenvalue weighted by molar-refractivity contribution is 0.627. The monoisotopic (exact) mass is 374 g/mol. The van der Waals surface area contributed by atoms with E-state index >= 15 is 0 Å². The van der Waals surface area contributed by atoms with Crippen molar-refractivity contribution in [2.75, 3.05) is 0 Å². The van der Waals surface area contributed by atoms with Gasteiger partial charge in [-0.3, -0.25) is 4.57 Å². The van der Waals surface area contributed by atoms with Crippen LogP contribution in [0, 0.1) is 5.82 Å². The first-order valence-electron chi connectivity index (χ1n) is 8.36. The van der Waals surface area contributed by atoms with Gasteiger partial charge in [0.05, 0.1) is 11.0 Å². The van der Waals surface area contributed by atoms with E-state index in [1.807, 2.05) is 53.1 Å². The summed E-state index contributed by atoms with van der Waals surface area (Å²) < 4.78 is 15.3. The van der Waals surface area contributed by atoms with Crippen LogP contribution in [0.15, 0.2) is 72.8 Å². The van der Waals surface area contributed by atoms with Crippen LogP contribution in [0.5, 0.6) is 0 Å². The van der Waals surface area contributed by atoms with Gasteiger partial charge >= 0.3 is 0 Å². The fourth-order valence-corrected chi connectivity index (χ4v) is 3.21. The highest BCUT2D eigenvalue weighted by atomic mass is 35.5. The highest BCUT2D eigenvalue weighted by molar-refractivity contribution is 6.30. The molecule has 5 aromatic rings. The van der Waals surface area contributed by atoms with Crippen molar-refractivity contribution in [1.29, 1.82) is 0 Å². The highest BCUT2D eigenvalue weighted by Crippen LogP contribution is 2.29. The molecule has 0 N–H and O–H groups in total. The molecule has 0 unspecified atom stereocenters. The van der Waals surface area contributed by atoms with Crippen LogP contribution in [-0.4, -0.2) is 19.5 Å². The van der Waals surface area contributed by atoms with E-state index in [9.17, 15) is 4.39 Å². The summed E-state index contributed by atoms with van der Waals surface area (Å²) in [6.07, 6.45) is 0. The first-order valence-corrected chi connectivity index (χ1v) is 8.74. The number of para-hydroxylation sites is 2. The van der Waals surface area contributed by atoms with Gasteiger partial charge in [-0.1, -0.05) is 23.7 Å². The summed E-state index contributed by atoms with van der Waals surface area (Å²) in [6, 6.07) is 21.3. The lowest BCUT2D eigenvalue weighted by atomic mass is 10.2. The fraction of sp³-hybridized carbons (Fsp3) is 0. The second-order valence-corrected chi connectivity index (χ2v) is 6.55. The Bertz CT molecular complexity index is 1280. The number of fused-ring (bicyclic) bond motifs is 2. The minimum atomic E-state index is -0.298. The molecular weight excluding hydrogens is 363 g/mol. The van der Waals surface area contributed by atoms with Crippen molar-refractivity contribution in [1.82, 2.24) is 19.5 Å². The molecule has 0 fully saturated rings. The molecule has 27 heavy (non-hydrogen) atoms. The molecule has 0 atom stereocenters. The smallest absolute Gasteiger partial charge is 0.199 e. The summed E-state index contributed by atoms with van der Waals surface area (Å²) in [7, 11) is 0. The van der Waals surface area contributed by atoms with Gasteiger partial charge in [0, 0.05) is 16.3 Å². The predicted octanol–water partition coefficient (Wildman–Crippen LogP) is 5.43. The maximum Gasteiger partial charge on any atom is 0.199 e. The van der Waals surface area contributed by atoms with E-state index < -0.39 is 0 Å². The number of imidazole rings is 1. The Kier molecular flexibility index (Phi) is 3.62. The van der Waals surface area contributed by atoms with E-state index in [0.717, 1.165) is 22.3 Å². The van der Waals surface area contributed by atoms with Crippen LogP contribution in [-0.2, 0) is 0 Å². The van der Waals surface area contributed by atoms with Gasteiger partial charge in [-0.25, -0.2) is 19.3 Å². The minimum Gasteiger partial charge on any atom is -0.275 e. The Labute approximate surface area is 158 Å². The van der Waals surface area contributed by atoms with Crippen molar-refractivity contribution in [2.24, 2.45) is 0 Å². The normalized spacial score (nSPS) is 11.3. The molecule has 0 amide bonds. The van der Waals surface area contributed by atoms with Gasteiger partial charge in [-0.05, 0) is 60.7 Å². The minimum absolute atomic E-state index is 0.298.